The summed E-state index contributed by atoms with van der Waals surface area (Å²) < 4.78 is 33.6. The average Bonchev–Trinajstić information content (AvgIpc) is 3.32. The van der Waals surface area contributed by atoms with Gasteiger partial charge in [-0.1, -0.05) is 41.1 Å². The third-order valence-electron chi connectivity index (χ3n) is 6.10. The SMILES string of the molecule is Cc1ccc(-c2ccc3c(C4CN(C(=O)c5cnccn5)CCN4C)nnn3c2)cc1.O=C(O)C(F)(F)F. The van der Waals surface area contributed by atoms with Gasteiger partial charge in [-0.15, -0.1) is 5.10 Å². The van der Waals surface area contributed by atoms with Crippen LogP contribution in [0.3, 0.4) is 0 Å². The van der Waals surface area contributed by atoms with Crippen molar-refractivity contribution in [2.75, 3.05) is 26.7 Å². The van der Waals surface area contributed by atoms with Crippen molar-refractivity contribution in [3.8, 4) is 11.1 Å². The number of benzene rings is 1. The Bertz CT molecular complexity index is 1430. The van der Waals surface area contributed by atoms with E-state index in [1.54, 1.807) is 12.4 Å². The van der Waals surface area contributed by atoms with Crippen LogP contribution in [0.25, 0.3) is 16.6 Å². The van der Waals surface area contributed by atoms with Crippen molar-refractivity contribution in [2.24, 2.45) is 0 Å². The number of aryl methyl sites for hydroxylation is 1. The molecule has 1 aromatic carbocycles. The Labute approximate surface area is 215 Å². The summed E-state index contributed by atoms with van der Waals surface area (Å²) in [5, 5.41) is 16.0. The molecule has 38 heavy (non-hydrogen) atoms. The Morgan fingerprint density at radius 2 is 1.71 bits per heavy atom. The van der Waals surface area contributed by atoms with Crippen LogP contribution in [0.4, 0.5) is 13.2 Å². The standard InChI is InChI=1S/C23H23N7O.C2HF3O2/c1-16-3-5-17(6-4-16)18-7-8-20-22(26-27-30(20)14-18)21-15-29(12-11-28(21)2)23(31)19-13-24-9-10-25-19;3-2(4,5)1(6)7/h3-10,13-14,21H,11-12,15H2,1-2H3;(H,6,7). The molecule has 5 rings (SSSR count). The highest BCUT2D eigenvalue weighted by Gasteiger charge is 2.38. The lowest BCUT2D eigenvalue weighted by Gasteiger charge is -2.38. The molecule has 4 aromatic rings. The number of aliphatic carboxylic acids is 1. The number of pyridine rings is 1. The molecule has 1 aliphatic rings. The summed E-state index contributed by atoms with van der Waals surface area (Å²) in [6.07, 6.45) is 1.54. The number of carboxylic acid groups (broad SMARTS) is 1. The van der Waals surface area contributed by atoms with E-state index >= 15 is 0 Å². The average molecular weight is 528 g/mol. The zero-order valence-corrected chi connectivity index (χ0v) is 20.5. The first kappa shape index (κ1) is 26.7. The molecule has 3 aromatic heterocycles. The number of fused-ring (bicyclic) bond motifs is 1. The second-order valence-corrected chi connectivity index (χ2v) is 8.73. The molecule has 0 saturated carbocycles. The summed E-state index contributed by atoms with van der Waals surface area (Å²) in [5.74, 6) is -2.86. The van der Waals surface area contributed by atoms with Crippen molar-refractivity contribution in [1.82, 2.24) is 34.6 Å². The van der Waals surface area contributed by atoms with E-state index in [-0.39, 0.29) is 11.9 Å². The molecule has 0 aliphatic carbocycles. The Balaban J connectivity index is 0.000000426. The van der Waals surface area contributed by atoms with Crippen molar-refractivity contribution < 1.29 is 27.9 Å². The lowest BCUT2D eigenvalue weighted by atomic mass is 10.0. The number of amides is 1. The van der Waals surface area contributed by atoms with Gasteiger partial charge in [-0.25, -0.2) is 14.3 Å². The number of halogens is 3. The summed E-state index contributed by atoms with van der Waals surface area (Å²) in [6, 6.07) is 12.5. The molecule has 1 N–H and O–H groups in total. The molecule has 0 bridgehead atoms. The molecule has 13 heteroatoms. The highest BCUT2D eigenvalue weighted by Crippen LogP contribution is 2.28. The van der Waals surface area contributed by atoms with Gasteiger partial charge in [-0.05, 0) is 25.6 Å². The molecule has 1 aliphatic heterocycles. The second-order valence-electron chi connectivity index (χ2n) is 8.73. The summed E-state index contributed by atoms with van der Waals surface area (Å²) >= 11 is 0. The monoisotopic (exact) mass is 527 g/mol. The summed E-state index contributed by atoms with van der Waals surface area (Å²) in [7, 11) is 2.06. The fraction of sp³-hybridized carbons (Fsp3) is 0.280. The molecule has 1 amide bonds. The van der Waals surface area contributed by atoms with Gasteiger partial charge in [0.1, 0.15) is 11.4 Å². The summed E-state index contributed by atoms with van der Waals surface area (Å²) in [6.45, 7) is 3.99. The number of piperazine rings is 1. The number of aromatic nitrogens is 5. The molecule has 0 spiro atoms. The summed E-state index contributed by atoms with van der Waals surface area (Å²) in [5.41, 5.74) is 5.63. The van der Waals surface area contributed by atoms with Crippen LogP contribution in [0.15, 0.2) is 61.2 Å². The van der Waals surface area contributed by atoms with Gasteiger partial charge in [-0.3, -0.25) is 14.7 Å². The molecular formula is C25H24F3N7O3. The summed E-state index contributed by atoms with van der Waals surface area (Å²) in [4.78, 5) is 34.0. The first-order chi connectivity index (χ1) is 18.0. The van der Waals surface area contributed by atoms with Crippen molar-refractivity contribution in [1.29, 1.82) is 0 Å². The number of alkyl halides is 3. The minimum absolute atomic E-state index is 0.0444. The van der Waals surface area contributed by atoms with Gasteiger partial charge in [0.15, 0.2) is 0 Å². The van der Waals surface area contributed by atoms with E-state index in [0.717, 1.165) is 28.9 Å². The van der Waals surface area contributed by atoms with Gasteiger partial charge >= 0.3 is 12.1 Å². The maximum atomic E-state index is 12.9. The van der Waals surface area contributed by atoms with E-state index < -0.39 is 12.1 Å². The Kier molecular flexibility index (Phi) is 7.67. The van der Waals surface area contributed by atoms with Crippen LogP contribution < -0.4 is 0 Å². The Morgan fingerprint density at radius 3 is 2.34 bits per heavy atom. The third-order valence-corrected chi connectivity index (χ3v) is 6.10. The van der Waals surface area contributed by atoms with Crippen LogP contribution in [0.2, 0.25) is 0 Å². The van der Waals surface area contributed by atoms with Crippen LogP contribution in [-0.4, -0.2) is 84.4 Å². The van der Waals surface area contributed by atoms with Gasteiger partial charge < -0.3 is 10.0 Å². The van der Waals surface area contributed by atoms with E-state index in [9.17, 15) is 18.0 Å². The fourth-order valence-corrected chi connectivity index (χ4v) is 3.99. The van der Waals surface area contributed by atoms with Crippen LogP contribution in [-0.2, 0) is 4.79 Å². The molecular weight excluding hydrogens is 503 g/mol. The minimum atomic E-state index is -5.08. The Morgan fingerprint density at radius 1 is 1.03 bits per heavy atom. The van der Waals surface area contributed by atoms with Crippen LogP contribution in [0.5, 0.6) is 0 Å². The van der Waals surface area contributed by atoms with E-state index in [1.165, 1.54) is 11.8 Å². The maximum absolute atomic E-state index is 12.9. The highest BCUT2D eigenvalue weighted by molar-refractivity contribution is 5.92. The zero-order chi connectivity index (χ0) is 27.4. The molecule has 1 atom stereocenters. The molecule has 1 fully saturated rings. The van der Waals surface area contributed by atoms with Crippen LogP contribution in [0.1, 0.15) is 27.8 Å². The van der Waals surface area contributed by atoms with Crippen molar-refractivity contribution in [3.05, 3.63) is 78.1 Å². The largest absolute Gasteiger partial charge is 0.490 e. The topological polar surface area (TPSA) is 117 Å². The normalized spacial score (nSPS) is 16.1. The lowest BCUT2D eigenvalue weighted by Crippen LogP contribution is -2.49. The number of nitrogens with zero attached hydrogens (tertiary/aromatic N) is 7. The number of carbonyl (C=O) groups is 2. The predicted molar refractivity (Wildman–Crippen MR) is 130 cm³/mol. The Hall–Kier alpha value is -4.39. The number of likely N-dealkylation sites (N-methyl/N-ethyl adjacent to an activating group) is 1. The molecule has 10 nitrogen and oxygen atoms in total. The molecule has 1 saturated heterocycles. The van der Waals surface area contributed by atoms with Crippen LogP contribution >= 0.6 is 0 Å². The van der Waals surface area contributed by atoms with Crippen molar-refractivity contribution in [2.45, 2.75) is 19.1 Å². The third kappa shape index (κ3) is 5.94. The van der Waals surface area contributed by atoms with E-state index in [4.69, 9.17) is 9.90 Å². The van der Waals surface area contributed by atoms with E-state index in [0.29, 0.717) is 18.8 Å². The molecule has 0 radical (unpaired) electrons. The fourth-order valence-electron chi connectivity index (χ4n) is 3.99. The zero-order valence-electron chi connectivity index (χ0n) is 20.5. The number of rotatable bonds is 3. The number of hydrogen-bond acceptors (Lipinski definition) is 7. The number of hydrogen-bond donors (Lipinski definition) is 1. The smallest absolute Gasteiger partial charge is 0.475 e. The molecule has 4 heterocycles. The van der Waals surface area contributed by atoms with Crippen LogP contribution in [0, 0.1) is 6.92 Å². The number of carbonyl (C=O) groups excluding carboxylic acids is 1. The van der Waals surface area contributed by atoms with Crippen molar-refractivity contribution >= 4 is 17.4 Å². The van der Waals surface area contributed by atoms with E-state index in [2.05, 4.69) is 75.5 Å². The van der Waals surface area contributed by atoms with Gasteiger partial charge in [0, 0.05) is 43.8 Å². The predicted octanol–water partition coefficient (Wildman–Crippen LogP) is 3.26. The van der Waals surface area contributed by atoms with Crippen molar-refractivity contribution in [3.63, 3.8) is 0 Å². The van der Waals surface area contributed by atoms with Gasteiger partial charge in [0.25, 0.3) is 5.91 Å². The molecule has 1 unspecified atom stereocenters. The van der Waals surface area contributed by atoms with Gasteiger partial charge in [0.05, 0.1) is 17.8 Å². The lowest BCUT2D eigenvalue weighted by molar-refractivity contribution is -0.192. The number of carboxylic acids is 1. The maximum Gasteiger partial charge on any atom is 0.490 e. The van der Waals surface area contributed by atoms with E-state index in [1.807, 2.05) is 15.6 Å². The quantitative estimate of drug-likeness (QED) is 0.432. The van der Waals surface area contributed by atoms with Gasteiger partial charge in [-0.2, -0.15) is 13.2 Å². The van der Waals surface area contributed by atoms with Gasteiger partial charge in [0.2, 0.25) is 0 Å². The first-order valence-corrected chi connectivity index (χ1v) is 11.5. The molecule has 198 valence electrons. The first-order valence-electron chi connectivity index (χ1n) is 11.5. The highest BCUT2D eigenvalue weighted by atomic mass is 19.4. The second kappa shape index (κ2) is 10.9. The minimum Gasteiger partial charge on any atom is -0.475 e.